The van der Waals surface area contributed by atoms with Crippen molar-refractivity contribution in [1.29, 1.82) is 0 Å². The minimum atomic E-state index is -0.823. The van der Waals surface area contributed by atoms with Crippen LogP contribution in [0, 0.1) is 30.2 Å². The van der Waals surface area contributed by atoms with Crippen LogP contribution in [0.1, 0.15) is 5.56 Å². The molecule has 0 aliphatic heterocycles. The summed E-state index contributed by atoms with van der Waals surface area (Å²) in [6.07, 6.45) is 1.30. The van der Waals surface area contributed by atoms with Gasteiger partial charge in [0, 0.05) is 29.8 Å². The van der Waals surface area contributed by atoms with Gasteiger partial charge in [0.1, 0.15) is 35.0 Å². The quantitative estimate of drug-likeness (QED) is 0.431. The summed E-state index contributed by atoms with van der Waals surface area (Å²) in [4.78, 5) is 4.03. The Kier molecular flexibility index (Phi) is 4.30. The van der Waals surface area contributed by atoms with Crippen molar-refractivity contribution in [2.45, 2.75) is 6.92 Å². The molecule has 7 heteroatoms. The van der Waals surface area contributed by atoms with Crippen LogP contribution < -0.4 is 4.74 Å². The van der Waals surface area contributed by atoms with Crippen LogP contribution in [0.15, 0.2) is 48.8 Å². The summed E-state index contributed by atoms with van der Waals surface area (Å²) in [6.45, 7) is 1.69. The highest BCUT2D eigenvalue weighted by atomic mass is 19.1. The second-order valence-corrected chi connectivity index (χ2v) is 6.30. The van der Waals surface area contributed by atoms with E-state index < -0.39 is 23.3 Å². The topological polar surface area (TPSA) is 27.1 Å². The monoisotopic (exact) mass is 386 g/mol. The molecule has 3 aromatic carbocycles. The van der Waals surface area contributed by atoms with Crippen LogP contribution in [0.4, 0.5) is 17.6 Å². The number of imidazole rings is 1. The maximum atomic E-state index is 14.8. The summed E-state index contributed by atoms with van der Waals surface area (Å²) < 4.78 is 63.7. The first kappa shape index (κ1) is 18.0. The molecule has 142 valence electrons. The maximum Gasteiger partial charge on any atom is 0.152 e. The van der Waals surface area contributed by atoms with Crippen molar-refractivity contribution in [2.24, 2.45) is 0 Å². The second-order valence-electron chi connectivity index (χ2n) is 6.30. The number of nitrogens with zero attached hydrogens (tertiary/aromatic N) is 2. The van der Waals surface area contributed by atoms with Gasteiger partial charge in [0.15, 0.2) is 5.82 Å². The molecular weight excluding hydrogens is 372 g/mol. The van der Waals surface area contributed by atoms with Crippen molar-refractivity contribution in [3.8, 4) is 22.6 Å². The second kappa shape index (κ2) is 6.67. The van der Waals surface area contributed by atoms with E-state index in [2.05, 4.69) is 4.98 Å². The Morgan fingerprint density at radius 1 is 0.893 bits per heavy atom. The lowest BCUT2D eigenvalue weighted by Gasteiger charge is -2.16. The van der Waals surface area contributed by atoms with Gasteiger partial charge in [-0.05, 0) is 18.6 Å². The number of hydrogen-bond acceptors (Lipinski definition) is 2. The van der Waals surface area contributed by atoms with Gasteiger partial charge in [0.2, 0.25) is 0 Å². The number of aromatic nitrogens is 2. The third-order valence-electron chi connectivity index (χ3n) is 4.57. The predicted octanol–water partition coefficient (Wildman–Crippen LogP) is 5.57. The van der Waals surface area contributed by atoms with Crippen LogP contribution in [0.3, 0.4) is 0 Å². The minimum absolute atomic E-state index is 0.0163. The van der Waals surface area contributed by atoms with E-state index in [1.165, 1.54) is 18.0 Å². The normalized spacial score (nSPS) is 11.2. The van der Waals surface area contributed by atoms with E-state index in [-0.39, 0.29) is 27.9 Å². The fourth-order valence-electron chi connectivity index (χ4n) is 3.33. The Hall–Kier alpha value is -3.35. The summed E-state index contributed by atoms with van der Waals surface area (Å²) in [5, 5.41) is 0. The molecule has 0 unspecified atom stereocenters. The van der Waals surface area contributed by atoms with Gasteiger partial charge in [-0.1, -0.05) is 12.1 Å². The zero-order valence-electron chi connectivity index (χ0n) is 14.9. The first-order valence-corrected chi connectivity index (χ1v) is 8.36. The molecule has 0 radical (unpaired) electrons. The molecule has 0 amide bonds. The minimum Gasteiger partial charge on any atom is -0.497 e. The summed E-state index contributed by atoms with van der Waals surface area (Å²) in [6, 6.07) is 8.96. The maximum absolute atomic E-state index is 14.8. The Bertz CT molecular complexity index is 1190. The van der Waals surface area contributed by atoms with Gasteiger partial charge in [-0.2, -0.15) is 0 Å². The van der Waals surface area contributed by atoms with Gasteiger partial charge >= 0.3 is 0 Å². The van der Waals surface area contributed by atoms with Crippen LogP contribution in [-0.4, -0.2) is 16.7 Å². The van der Waals surface area contributed by atoms with E-state index in [0.717, 1.165) is 24.3 Å². The van der Waals surface area contributed by atoms with Crippen molar-refractivity contribution in [2.75, 3.05) is 7.11 Å². The van der Waals surface area contributed by atoms with Gasteiger partial charge in [-0.15, -0.1) is 0 Å². The van der Waals surface area contributed by atoms with Crippen molar-refractivity contribution in [3.63, 3.8) is 0 Å². The highest BCUT2D eigenvalue weighted by Gasteiger charge is 2.21. The first-order chi connectivity index (χ1) is 13.4. The summed E-state index contributed by atoms with van der Waals surface area (Å²) in [5.74, 6) is -3.17. The SMILES string of the molecule is COc1cc(F)c(-c2c(C)cccc2-n2cnc3cc(F)cc(F)c32)c(F)c1. The predicted molar refractivity (Wildman–Crippen MR) is 97.6 cm³/mol. The first-order valence-electron chi connectivity index (χ1n) is 8.36. The number of ether oxygens (including phenoxy) is 1. The molecule has 0 aliphatic rings. The molecule has 1 aromatic heterocycles. The molecule has 28 heavy (non-hydrogen) atoms. The van der Waals surface area contributed by atoms with E-state index in [1.54, 1.807) is 25.1 Å². The lowest BCUT2D eigenvalue weighted by Crippen LogP contribution is -2.02. The molecular formula is C21H14F4N2O. The van der Waals surface area contributed by atoms with Crippen molar-refractivity contribution >= 4 is 11.0 Å². The van der Waals surface area contributed by atoms with E-state index in [9.17, 15) is 17.6 Å². The number of aryl methyl sites for hydroxylation is 1. The van der Waals surface area contributed by atoms with Gasteiger partial charge < -0.3 is 4.74 Å². The van der Waals surface area contributed by atoms with Crippen LogP contribution in [0.2, 0.25) is 0 Å². The molecule has 4 rings (SSSR count). The summed E-state index contributed by atoms with van der Waals surface area (Å²) in [7, 11) is 1.31. The van der Waals surface area contributed by atoms with Gasteiger partial charge in [-0.25, -0.2) is 22.5 Å². The number of fused-ring (bicyclic) bond motifs is 1. The van der Waals surface area contributed by atoms with E-state index in [4.69, 9.17) is 4.74 Å². The highest BCUT2D eigenvalue weighted by Crippen LogP contribution is 2.37. The number of rotatable bonds is 3. The van der Waals surface area contributed by atoms with E-state index in [0.29, 0.717) is 11.3 Å². The Labute approximate surface area is 157 Å². The third-order valence-corrected chi connectivity index (χ3v) is 4.57. The fraction of sp³-hybridized carbons (Fsp3) is 0.0952. The molecule has 0 saturated heterocycles. The van der Waals surface area contributed by atoms with Crippen LogP contribution in [0.5, 0.6) is 5.75 Å². The Balaban J connectivity index is 2.05. The van der Waals surface area contributed by atoms with Crippen LogP contribution >= 0.6 is 0 Å². The highest BCUT2D eigenvalue weighted by molar-refractivity contribution is 5.83. The Morgan fingerprint density at radius 2 is 1.61 bits per heavy atom. The zero-order chi connectivity index (χ0) is 20.0. The van der Waals surface area contributed by atoms with E-state index >= 15 is 0 Å². The van der Waals surface area contributed by atoms with Crippen molar-refractivity contribution in [1.82, 2.24) is 9.55 Å². The number of halogens is 4. The fourth-order valence-corrected chi connectivity index (χ4v) is 3.33. The van der Waals surface area contributed by atoms with Crippen molar-refractivity contribution < 1.29 is 22.3 Å². The lowest BCUT2D eigenvalue weighted by atomic mass is 9.97. The average Bonchev–Trinajstić information content (AvgIpc) is 3.06. The van der Waals surface area contributed by atoms with Crippen LogP contribution in [-0.2, 0) is 0 Å². The molecule has 0 aliphatic carbocycles. The van der Waals surface area contributed by atoms with Crippen molar-refractivity contribution in [3.05, 3.63) is 77.6 Å². The molecule has 0 saturated carbocycles. The average molecular weight is 386 g/mol. The number of hydrogen-bond donors (Lipinski definition) is 0. The molecule has 0 fully saturated rings. The van der Waals surface area contributed by atoms with Crippen LogP contribution in [0.25, 0.3) is 27.8 Å². The zero-order valence-corrected chi connectivity index (χ0v) is 14.9. The molecule has 4 aromatic rings. The summed E-state index contributed by atoms with van der Waals surface area (Å²) >= 11 is 0. The number of benzene rings is 3. The largest absolute Gasteiger partial charge is 0.497 e. The molecule has 1 heterocycles. The van der Waals surface area contributed by atoms with Gasteiger partial charge in [0.25, 0.3) is 0 Å². The van der Waals surface area contributed by atoms with Gasteiger partial charge in [-0.3, -0.25) is 4.57 Å². The molecule has 0 spiro atoms. The smallest absolute Gasteiger partial charge is 0.152 e. The third kappa shape index (κ3) is 2.79. The lowest BCUT2D eigenvalue weighted by molar-refractivity contribution is 0.407. The standard InChI is InChI=1S/C21H14F4N2O/c1-11-4-3-5-18(19(11)20-14(23)8-13(28-2)9-15(20)24)27-10-26-17-7-12(22)6-16(25)21(17)27/h3-10H,1-2H3. The molecule has 0 N–H and O–H groups in total. The summed E-state index contributed by atoms with van der Waals surface area (Å²) in [5.41, 5.74) is 0.977. The molecule has 0 atom stereocenters. The number of methoxy groups -OCH3 is 1. The molecule has 3 nitrogen and oxygen atoms in total. The van der Waals surface area contributed by atoms with Gasteiger partial charge in [0.05, 0.1) is 23.9 Å². The van der Waals surface area contributed by atoms with E-state index in [1.807, 2.05) is 0 Å². The molecule has 0 bridgehead atoms. The Morgan fingerprint density at radius 3 is 2.29 bits per heavy atom.